The van der Waals surface area contributed by atoms with E-state index in [1.807, 2.05) is 44.4 Å². The van der Waals surface area contributed by atoms with Crippen LogP contribution in [-0.2, 0) is 20.8 Å². The lowest BCUT2D eigenvalue weighted by molar-refractivity contribution is -0.142. The summed E-state index contributed by atoms with van der Waals surface area (Å²) in [5, 5.41) is 15.7. The zero-order valence-electron chi connectivity index (χ0n) is 18.2. The number of nitrogens with two attached hydrogens (primary N) is 1. The molecule has 0 spiro atoms. The van der Waals surface area contributed by atoms with E-state index >= 15 is 0 Å². The van der Waals surface area contributed by atoms with Crippen molar-refractivity contribution in [2.45, 2.75) is 51.2 Å². The monoisotopic (exact) mass is 448 g/mol. The minimum absolute atomic E-state index is 0.0508. The Bertz CT molecular complexity index is 901. The molecule has 1 heterocycles. The van der Waals surface area contributed by atoms with Crippen LogP contribution < -0.4 is 16.4 Å². The second-order valence-corrected chi connectivity index (χ2v) is 8.70. The number of aromatic amines is 1. The molecule has 1 aromatic carbocycles. The second kappa shape index (κ2) is 11.8. The fraction of sp³-hybridized carbons (Fsp3) is 0.500. The highest BCUT2D eigenvalue weighted by atomic mass is 32.2. The van der Waals surface area contributed by atoms with Crippen molar-refractivity contribution in [1.29, 1.82) is 0 Å². The number of benzene rings is 1. The van der Waals surface area contributed by atoms with Gasteiger partial charge in [-0.25, -0.2) is 4.79 Å². The topological polar surface area (TPSA) is 137 Å². The third kappa shape index (κ3) is 6.73. The van der Waals surface area contributed by atoms with Crippen molar-refractivity contribution in [3.63, 3.8) is 0 Å². The molecule has 2 amide bonds. The van der Waals surface area contributed by atoms with E-state index < -0.39 is 35.9 Å². The Balaban J connectivity index is 2.24. The summed E-state index contributed by atoms with van der Waals surface area (Å²) in [5.41, 5.74) is 7.82. The minimum Gasteiger partial charge on any atom is -0.480 e. The number of amides is 2. The van der Waals surface area contributed by atoms with Crippen molar-refractivity contribution in [2.24, 2.45) is 11.7 Å². The Morgan fingerprint density at radius 1 is 1.16 bits per heavy atom. The first-order valence-electron chi connectivity index (χ1n) is 10.4. The summed E-state index contributed by atoms with van der Waals surface area (Å²) >= 11 is 1.50. The van der Waals surface area contributed by atoms with E-state index in [9.17, 15) is 19.5 Å². The Labute approximate surface area is 186 Å². The summed E-state index contributed by atoms with van der Waals surface area (Å²) in [5.74, 6) is -1.52. The number of carbonyl (C=O) groups is 3. The first-order chi connectivity index (χ1) is 14.8. The molecule has 6 N–H and O–H groups in total. The molecule has 8 nitrogen and oxygen atoms in total. The number of nitrogens with one attached hydrogen (secondary N) is 3. The lowest BCUT2D eigenvalue weighted by Crippen LogP contribution is -2.56. The number of carboxylic acids is 1. The number of aliphatic carboxylic acids is 1. The van der Waals surface area contributed by atoms with Gasteiger partial charge in [-0.3, -0.25) is 9.59 Å². The van der Waals surface area contributed by atoms with Crippen molar-refractivity contribution in [3.8, 4) is 0 Å². The van der Waals surface area contributed by atoms with Gasteiger partial charge >= 0.3 is 5.97 Å². The fourth-order valence-electron chi connectivity index (χ4n) is 3.28. The van der Waals surface area contributed by atoms with Crippen LogP contribution >= 0.6 is 11.8 Å². The normalized spacial score (nSPS) is 15.1. The first-order valence-corrected chi connectivity index (χ1v) is 11.8. The third-order valence-electron chi connectivity index (χ3n) is 5.52. The Morgan fingerprint density at radius 2 is 1.84 bits per heavy atom. The lowest BCUT2D eigenvalue weighted by atomic mass is 9.98. The van der Waals surface area contributed by atoms with E-state index in [-0.39, 0.29) is 12.3 Å². The quantitative estimate of drug-likeness (QED) is 0.336. The largest absolute Gasteiger partial charge is 0.480 e. The van der Waals surface area contributed by atoms with Gasteiger partial charge in [-0.15, -0.1) is 0 Å². The highest BCUT2D eigenvalue weighted by Crippen LogP contribution is 2.19. The molecular formula is C22H32N4O4S. The van der Waals surface area contributed by atoms with Crippen molar-refractivity contribution in [2.75, 3.05) is 12.0 Å². The van der Waals surface area contributed by atoms with E-state index in [0.29, 0.717) is 12.2 Å². The van der Waals surface area contributed by atoms with Crippen LogP contribution in [0.25, 0.3) is 10.9 Å². The molecule has 0 saturated carbocycles. The molecule has 31 heavy (non-hydrogen) atoms. The van der Waals surface area contributed by atoms with Gasteiger partial charge in [0, 0.05) is 23.5 Å². The maximum absolute atomic E-state index is 13.0. The smallest absolute Gasteiger partial charge is 0.326 e. The minimum atomic E-state index is -1.10. The number of thioether (sulfide) groups is 1. The summed E-state index contributed by atoms with van der Waals surface area (Å²) in [6.45, 7) is 3.82. The molecule has 0 unspecified atom stereocenters. The zero-order chi connectivity index (χ0) is 23.0. The number of carboxylic acid groups (broad SMARTS) is 1. The van der Waals surface area contributed by atoms with E-state index in [1.54, 1.807) is 6.20 Å². The maximum Gasteiger partial charge on any atom is 0.326 e. The number of rotatable bonds is 12. The third-order valence-corrected chi connectivity index (χ3v) is 6.16. The van der Waals surface area contributed by atoms with E-state index in [0.717, 1.165) is 22.9 Å². The molecule has 0 fully saturated rings. The van der Waals surface area contributed by atoms with Gasteiger partial charge in [-0.05, 0) is 36.0 Å². The van der Waals surface area contributed by atoms with Crippen LogP contribution in [0.4, 0.5) is 0 Å². The first kappa shape index (κ1) is 24.7. The van der Waals surface area contributed by atoms with Gasteiger partial charge in [0.1, 0.15) is 12.1 Å². The number of aromatic nitrogens is 1. The molecular weight excluding hydrogens is 416 g/mol. The Kier molecular flexibility index (Phi) is 9.39. The van der Waals surface area contributed by atoms with Crippen LogP contribution in [-0.4, -0.2) is 58.0 Å². The molecule has 0 saturated heterocycles. The van der Waals surface area contributed by atoms with Crippen molar-refractivity contribution < 1.29 is 19.5 Å². The standard InChI is InChI=1S/C22H32N4O4S/c1-4-13(2)19(23)21(28)26-18(20(27)25-17(22(29)30)9-10-31-3)11-14-12-24-16-8-6-5-7-15(14)16/h5-8,12-13,17-19,24H,4,9-11,23H2,1-3H3,(H,25,27)(H,26,28)(H,29,30)/t13-,17-,18-,19-/m0/s1. The van der Waals surface area contributed by atoms with Crippen molar-refractivity contribution in [1.82, 2.24) is 15.6 Å². The molecule has 2 rings (SSSR count). The van der Waals surface area contributed by atoms with Crippen LogP contribution in [0.5, 0.6) is 0 Å². The van der Waals surface area contributed by atoms with Crippen LogP contribution in [0.2, 0.25) is 0 Å². The molecule has 4 atom stereocenters. The number of para-hydroxylation sites is 1. The van der Waals surface area contributed by atoms with Gasteiger partial charge in [-0.2, -0.15) is 11.8 Å². The second-order valence-electron chi connectivity index (χ2n) is 7.72. The Hall–Kier alpha value is -2.52. The zero-order valence-corrected chi connectivity index (χ0v) is 19.0. The predicted octanol–water partition coefficient (Wildman–Crippen LogP) is 1.89. The SMILES string of the molecule is CC[C@H](C)[C@H](N)C(=O)N[C@@H](Cc1c[nH]c2ccccc12)C(=O)N[C@@H](CCSC)C(=O)O. The fourth-order valence-corrected chi connectivity index (χ4v) is 3.75. The van der Waals surface area contributed by atoms with Crippen LogP contribution in [0.15, 0.2) is 30.5 Å². The molecule has 1 aromatic heterocycles. The van der Waals surface area contributed by atoms with Gasteiger partial charge in [-0.1, -0.05) is 38.5 Å². The van der Waals surface area contributed by atoms with Gasteiger partial charge < -0.3 is 26.5 Å². The predicted molar refractivity (Wildman–Crippen MR) is 124 cm³/mol. The average molecular weight is 449 g/mol. The van der Waals surface area contributed by atoms with Crippen LogP contribution in [0.1, 0.15) is 32.3 Å². The molecule has 0 bridgehead atoms. The number of fused-ring (bicyclic) bond motifs is 1. The molecule has 0 aliphatic carbocycles. The Morgan fingerprint density at radius 3 is 2.48 bits per heavy atom. The molecule has 170 valence electrons. The highest BCUT2D eigenvalue weighted by molar-refractivity contribution is 7.98. The van der Waals surface area contributed by atoms with E-state index in [2.05, 4.69) is 15.6 Å². The van der Waals surface area contributed by atoms with E-state index in [1.165, 1.54) is 11.8 Å². The van der Waals surface area contributed by atoms with Gasteiger partial charge in [0.05, 0.1) is 6.04 Å². The van der Waals surface area contributed by atoms with Crippen molar-refractivity contribution >= 4 is 40.4 Å². The maximum atomic E-state index is 13.0. The number of carbonyl (C=O) groups excluding carboxylic acids is 2. The summed E-state index contributed by atoms with van der Waals surface area (Å²) in [6.07, 6.45) is 4.90. The van der Waals surface area contributed by atoms with Gasteiger partial charge in [0.25, 0.3) is 0 Å². The number of hydrogen-bond donors (Lipinski definition) is 5. The molecule has 2 aromatic rings. The summed E-state index contributed by atoms with van der Waals surface area (Å²) in [4.78, 5) is 40.5. The van der Waals surface area contributed by atoms with Gasteiger partial charge in [0.2, 0.25) is 11.8 Å². The van der Waals surface area contributed by atoms with Crippen LogP contribution in [0.3, 0.4) is 0 Å². The number of H-pyrrole nitrogens is 1. The average Bonchev–Trinajstić information content (AvgIpc) is 3.17. The molecule has 0 radical (unpaired) electrons. The molecule has 0 aliphatic rings. The highest BCUT2D eigenvalue weighted by Gasteiger charge is 2.29. The summed E-state index contributed by atoms with van der Waals surface area (Å²) < 4.78 is 0. The summed E-state index contributed by atoms with van der Waals surface area (Å²) in [7, 11) is 0. The van der Waals surface area contributed by atoms with Crippen molar-refractivity contribution in [3.05, 3.63) is 36.0 Å². The lowest BCUT2D eigenvalue weighted by Gasteiger charge is -2.24. The van der Waals surface area contributed by atoms with Gasteiger partial charge in [0.15, 0.2) is 0 Å². The summed E-state index contributed by atoms with van der Waals surface area (Å²) in [6, 6.07) is 4.94. The molecule has 9 heteroatoms. The molecule has 0 aliphatic heterocycles. The van der Waals surface area contributed by atoms with E-state index in [4.69, 9.17) is 5.73 Å². The van der Waals surface area contributed by atoms with Crippen LogP contribution in [0, 0.1) is 5.92 Å². The number of hydrogen-bond acceptors (Lipinski definition) is 5.